The summed E-state index contributed by atoms with van der Waals surface area (Å²) in [5.74, 6) is 1.22. The molecule has 1 unspecified atom stereocenters. The first-order valence-corrected chi connectivity index (χ1v) is 7.98. The summed E-state index contributed by atoms with van der Waals surface area (Å²) < 4.78 is 0. The molecular weight excluding hydrogens is 240 g/mol. The van der Waals surface area contributed by atoms with E-state index in [2.05, 4.69) is 50.2 Å². The molecule has 0 fully saturated rings. The van der Waals surface area contributed by atoms with Crippen LogP contribution in [0.15, 0.2) is 18.2 Å². The van der Waals surface area contributed by atoms with Crippen LogP contribution in [0, 0.1) is 13.8 Å². The minimum Gasteiger partial charge on any atom is -0.370 e. The third-order valence-electron chi connectivity index (χ3n) is 3.44. The summed E-state index contributed by atoms with van der Waals surface area (Å²) in [7, 11) is 2.16. The highest BCUT2D eigenvalue weighted by Crippen LogP contribution is 2.23. The second-order valence-corrected chi connectivity index (χ2v) is 5.91. The molecule has 1 rings (SSSR count). The number of thioether (sulfide) groups is 1. The van der Waals surface area contributed by atoms with Crippen molar-refractivity contribution in [3.05, 3.63) is 29.3 Å². The van der Waals surface area contributed by atoms with E-state index in [0.29, 0.717) is 6.04 Å². The van der Waals surface area contributed by atoms with Crippen molar-refractivity contribution >= 4 is 17.4 Å². The van der Waals surface area contributed by atoms with Gasteiger partial charge in [0, 0.05) is 25.3 Å². The second kappa shape index (κ2) is 7.70. The molecule has 0 aromatic heterocycles. The highest BCUT2D eigenvalue weighted by Gasteiger charge is 2.14. The van der Waals surface area contributed by atoms with Gasteiger partial charge in [0.15, 0.2) is 0 Å². The number of rotatable bonds is 7. The van der Waals surface area contributed by atoms with Gasteiger partial charge in [0.2, 0.25) is 0 Å². The van der Waals surface area contributed by atoms with Crippen molar-refractivity contribution in [2.75, 3.05) is 30.5 Å². The largest absolute Gasteiger partial charge is 0.370 e. The molecule has 0 radical (unpaired) electrons. The molecule has 0 saturated heterocycles. The number of benzene rings is 1. The molecule has 0 spiro atoms. The highest BCUT2D eigenvalue weighted by atomic mass is 32.2. The van der Waals surface area contributed by atoms with Crippen LogP contribution in [0.5, 0.6) is 0 Å². The summed E-state index contributed by atoms with van der Waals surface area (Å²) in [5, 5.41) is 0. The standard InChI is InChI=1S/C15H26N2S/c1-12-7-8-15(13(2)10-12)17(3)14(11-16)6-5-9-18-4/h7-8,10,14H,5-6,9,11,16H2,1-4H3. The average Bonchev–Trinajstić information content (AvgIpc) is 2.34. The molecule has 0 saturated carbocycles. The van der Waals surface area contributed by atoms with E-state index in [1.807, 2.05) is 11.8 Å². The monoisotopic (exact) mass is 266 g/mol. The number of nitrogens with zero attached hydrogens (tertiary/aromatic N) is 1. The lowest BCUT2D eigenvalue weighted by Gasteiger charge is -2.30. The predicted molar refractivity (Wildman–Crippen MR) is 84.8 cm³/mol. The molecule has 0 amide bonds. The third-order valence-corrected chi connectivity index (χ3v) is 4.13. The Kier molecular flexibility index (Phi) is 6.58. The molecular formula is C15H26N2S. The Balaban J connectivity index is 2.73. The molecule has 1 atom stereocenters. The zero-order valence-electron chi connectivity index (χ0n) is 12.1. The quantitative estimate of drug-likeness (QED) is 0.768. The Morgan fingerprint density at radius 3 is 2.61 bits per heavy atom. The summed E-state index contributed by atoms with van der Waals surface area (Å²) in [6, 6.07) is 7.07. The molecule has 2 nitrogen and oxygen atoms in total. The van der Waals surface area contributed by atoms with Crippen LogP contribution in [0.4, 0.5) is 5.69 Å². The lowest BCUT2D eigenvalue weighted by Crippen LogP contribution is -2.38. The maximum atomic E-state index is 5.92. The fourth-order valence-corrected chi connectivity index (χ4v) is 2.79. The molecule has 18 heavy (non-hydrogen) atoms. The van der Waals surface area contributed by atoms with Crippen molar-refractivity contribution in [3.63, 3.8) is 0 Å². The average molecular weight is 266 g/mol. The van der Waals surface area contributed by atoms with E-state index in [9.17, 15) is 0 Å². The molecule has 2 N–H and O–H groups in total. The smallest absolute Gasteiger partial charge is 0.0409 e. The number of hydrogen-bond donors (Lipinski definition) is 1. The SMILES string of the molecule is CSCCCC(CN)N(C)c1ccc(C)cc1C. The summed E-state index contributed by atoms with van der Waals surface area (Å²) in [4.78, 5) is 2.34. The van der Waals surface area contributed by atoms with Crippen LogP contribution < -0.4 is 10.6 Å². The van der Waals surface area contributed by atoms with Gasteiger partial charge in [0.1, 0.15) is 0 Å². The maximum Gasteiger partial charge on any atom is 0.0409 e. The predicted octanol–water partition coefficient (Wildman–Crippen LogP) is 3.21. The maximum absolute atomic E-state index is 5.92. The summed E-state index contributed by atoms with van der Waals surface area (Å²) in [5.41, 5.74) is 9.88. The van der Waals surface area contributed by atoms with E-state index in [-0.39, 0.29) is 0 Å². The van der Waals surface area contributed by atoms with Gasteiger partial charge < -0.3 is 10.6 Å². The van der Waals surface area contributed by atoms with Gasteiger partial charge in [-0.15, -0.1) is 0 Å². The molecule has 3 heteroatoms. The number of likely N-dealkylation sites (N-methyl/N-ethyl adjacent to an activating group) is 1. The van der Waals surface area contributed by atoms with Crippen LogP contribution in [-0.2, 0) is 0 Å². The van der Waals surface area contributed by atoms with Gasteiger partial charge in [-0.05, 0) is 50.3 Å². The number of nitrogens with two attached hydrogens (primary N) is 1. The second-order valence-electron chi connectivity index (χ2n) is 4.93. The van der Waals surface area contributed by atoms with Crippen molar-refractivity contribution in [1.29, 1.82) is 0 Å². The van der Waals surface area contributed by atoms with Gasteiger partial charge in [-0.25, -0.2) is 0 Å². The van der Waals surface area contributed by atoms with E-state index in [1.165, 1.54) is 35.4 Å². The fourth-order valence-electron chi connectivity index (χ4n) is 2.33. The molecule has 1 aromatic rings. The van der Waals surface area contributed by atoms with Gasteiger partial charge in [-0.3, -0.25) is 0 Å². The number of anilines is 1. The van der Waals surface area contributed by atoms with Crippen molar-refractivity contribution in [2.24, 2.45) is 5.73 Å². The zero-order chi connectivity index (χ0) is 13.5. The normalized spacial score (nSPS) is 12.5. The first-order chi connectivity index (χ1) is 8.60. The Hall–Kier alpha value is -0.670. The van der Waals surface area contributed by atoms with Crippen molar-refractivity contribution in [2.45, 2.75) is 32.7 Å². The summed E-state index contributed by atoms with van der Waals surface area (Å²) in [6.07, 6.45) is 4.56. The van der Waals surface area contributed by atoms with E-state index in [0.717, 1.165) is 6.54 Å². The number of hydrogen-bond acceptors (Lipinski definition) is 3. The van der Waals surface area contributed by atoms with Gasteiger partial charge in [0.05, 0.1) is 0 Å². The number of aryl methyl sites for hydroxylation is 2. The Bertz CT molecular complexity index is 366. The Morgan fingerprint density at radius 1 is 1.33 bits per heavy atom. The molecule has 0 heterocycles. The fraction of sp³-hybridized carbons (Fsp3) is 0.600. The van der Waals surface area contributed by atoms with Crippen LogP contribution in [-0.4, -0.2) is 31.6 Å². The van der Waals surface area contributed by atoms with Crippen LogP contribution in [0.1, 0.15) is 24.0 Å². The molecule has 0 bridgehead atoms. The van der Waals surface area contributed by atoms with Crippen LogP contribution >= 0.6 is 11.8 Å². The minimum absolute atomic E-state index is 0.443. The van der Waals surface area contributed by atoms with Gasteiger partial charge in [-0.1, -0.05) is 17.7 Å². The van der Waals surface area contributed by atoms with Gasteiger partial charge in [0.25, 0.3) is 0 Å². The van der Waals surface area contributed by atoms with E-state index >= 15 is 0 Å². The molecule has 1 aromatic carbocycles. The van der Waals surface area contributed by atoms with Crippen LogP contribution in [0.25, 0.3) is 0 Å². The molecule has 0 aliphatic carbocycles. The molecule has 0 aliphatic rings. The van der Waals surface area contributed by atoms with Gasteiger partial charge in [-0.2, -0.15) is 11.8 Å². The lowest BCUT2D eigenvalue weighted by molar-refractivity contribution is 0.582. The topological polar surface area (TPSA) is 29.3 Å². The van der Waals surface area contributed by atoms with Gasteiger partial charge >= 0.3 is 0 Å². The van der Waals surface area contributed by atoms with E-state index in [1.54, 1.807) is 0 Å². The Labute approximate surface area is 116 Å². The van der Waals surface area contributed by atoms with Crippen LogP contribution in [0.3, 0.4) is 0 Å². The van der Waals surface area contributed by atoms with Crippen molar-refractivity contribution in [3.8, 4) is 0 Å². The molecule has 0 aliphatic heterocycles. The summed E-state index contributed by atoms with van der Waals surface area (Å²) >= 11 is 1.91. The zero-order valence-corrected chi connectivity index (χ0v) is 12.9. The molecule has 102 valence electrons. The van der Waals surface area contributed by atoms with E-state index in [4.69, 9.17) is 5.73 Å². The third kappa shape index (κ3) is 4.21. The lowest BCUT2D eigenvalue weighted by atomic mass is 10.1. The van der Waals surface area contributed by atoms with Crippen LogP contribution in [0.2, 0.25) is 0 Å². The minimum atomic E-state index is 0.443. The van der Waals surface area contributed by atoms with E-state index < -0.39 is 0 Å². The summed E-state index contributed by atoms with van der Waals surface area (Å²) in [6.45, 7) is 5.03. The van der Waals surface area contributed by atoms with Crippen molar-refractivity contribution in [1.82, 2.24) is 0 Å². The first-order valence-electron chi connectivity index (χ1n) is 6.59. The highest BCUT2D eigenvalue weighted by molar-refractivity contribution is 7.98. The Morgan fingerprint density at radius 2 is 2.06 bits per heavy atom. The van der Waals surface area contributed by atoms with Crippen molar-refractivity contribution < 1.29 is 0 Å². The first kappa shape index (κ1) is 15.4.